The van der Waals surface area contributed by atoms with Crippen molar-refractivity contribution < 1.29 is 4.79 Å². The quantitative estimate of drug-likeness (QED) is 0.356. The lowest BCUT2D eigenvalue weighted by Gasteiger charge is -2.32. The van der Waals surface area contributed by atoms with Gasteiger partial charge in [0.05, 0.1) is 11.9 Å². The maximum absolute atomic E-state index is 13.0. The maximum atomic E-state index is 13.0. The van der Waals surface area contributed by atoms with Gasteiger partial charge in [0.1, 0.15) is 5.82 Å². The summed E-state index contributed by atoms with van der Waals surface area (Å²) >= 11 is 12.2. The van der Waals surface area contributed by atoms with E-state index in [0.29, 0.717) is 35.4 Å². The van der Waals surface area contributed by atoms with E-state index in [0.717, 1.165) is 41.1 Å². The van der Waals surface area contributed by atoms with Crippen LogP contribution in [0.3, 0.4) is 0 Å². The molecule has 4 heterocycles. The first-order valence-electron chi connectivity index (χ1n) is 11.5. The number of benzene rings is 1. The second-order valence-electron chi connectivity index (χ2n) is 8.72. The third-order valence-corrected chi connectivity index (χ3v) is 6.54. The molecule has 35 heavy (non-hydrogen) atoms. The molecule has 3 aromatic heterocycles. The Bertz CT molecular complexity index is 1340. The van der Waals surface area contributed by atoms with Crippen molar-refractivity contribution in [2.24, 2.45) is 0 Å². The van der Waals surface area contributed by atoms with Gasteiger partial charge < -0.3 is 15.5 Å². The first-order valence-corrected chi connectivity index (χ1v) is 12.2. The van der Waals surface area contributed by atoms with E-state index in [1.54, 1.807) is 24.4 Å². The number of nitrogens with one attached hydrogen (secondary N) is 2. The zero-order valence-corrected chi connectivity index (χ0v) is 20.7. The Morgan fingerprint density at radius 1 is 1.17 bits per heavy atom. The van der Waals surface area contributed by atoms with Crippen molar-refractivity contribution in [1.29, 1.82) is 0 Å². The van der Waals surface area contributed by atoms with Crippen molar-refractivity contribution >= 4 is 46.4 Å². The number of hydrogen-bond donors (Lipinski definition) is 2. The van der Waals surface area contributed by atoms with Gasteiger partial charge in [0, 0.05) is 65.3 Å². The molecule has 0 radical (unpaired) electrons. The summed E-state index contributed by atoms with van der Waals surface area (Å²) in [6.45, 7) is 3.86. The lowest BCUT2D eigenvalue weighted by Crippen LogP contribution is -2.41. The zero-order valence-electron chi connectivity index (χ0n) is 19.2. The molecule has 0 spiro atoms. The maximum Gasteiger partial charge on any atom is 0.321 e. The normalized spacial score (nSPS) is 15.9. The van der Waals surface area contributed by atoms with Crippen LogP contribution in [0.5, 0.6) is 0 Å². The topological polar surface area (TPSA) is 87.5 Å². The molecule has 1 saturated heterocycles. The van der Waals surface area contributed by atoms with Crippen molar-refractivity contribution in [3.63, 3.8) is 0 Å². The summed E-state index contributed by atoms with van der Waals surface area (Å²) in [6, 6.07) is 10.8. The van der Waals surface area contributed by atoms with E-state index in [1.807, 2.05) is 46.9 Å². The zero-order chi connectivity index (χ0) is 24.4. The van der Waals surface area contributed by atoms with Gasteiger partial charge in [-0.05, 0) is 49.6 Å². The highest BCUT2D eigenvalue weighted by molar-refractivity contribution is 6.35. The van der Waals surface area contributed by atoms with Gasteiger partial charge in [0.2, 0.25) is 0 Å². The van der Waals surface area contributed by atoms with Crippen LogP contribution < -0.4 is 10.6 Å². The van der Waals surface area contributed by atoms with E-state index in [1.165, 1.54) is 0 Å². The van der Waals surface area contributed by atoms with Crippen molar-refractivity contribution in [1.82, 2.24) is 24.5 Å². The Morgan fingerprint density at radius 3 is 2.77 bits per heavy atom. The molecule has 0 aliphatic carbocycles. The van der Waals surface area contributed by atoms with Gasteiger partial charge in [-0.2, -0.15) is 9.61 Å². The van der Waals surface area contributed by atoms with Crippen LogP contribution in [0, 0.1) is 6.92 Å². The fourth-order valence-corrected chi connectivity index (χ4v) is 4.88. The number of piperidine rings is 1. The standard InChI is InChI=1S/C25H25Cl2N7O/c1-16-12-30-34-23(29-14-17-4-2-6-28-13-17)11-22(32-24(16)34)18-5-3-7-33(15-18)25(35)31-21-9-19(26)8-20(27)10-21/h2,4,6,8-13,18,29H,3,5,7,14-15H2,1H3,(H,31,35). The van der Waals surface area contributed by atoms with Crippen LogP contribution in [0.15, 0.2) is 55.0 Å². The molecule has 0 saturated carbocycles. The average Bonchev–Trinajstić information content (AvgIpc) is 3.23. The first-order chi connectivity index (χ1) is 17.0. The molecular weight excluding hydrogens is 485 g/mol. The van der Waals surface area contributed by atoms with E-state index in [-0.39, 0.29) is 11.9 Å². The number of amides is 2. The van der Waals surface area contributed by atoms with Gasteiger partial charge in [0.25, 0.3) is 0 Å². The number of aromatic nitrogens is 4. The smallest absolute Gasteiger partial charge is 0.321 e. The summed E-state index contributed by atoms with van der Waals surface area (Å²) < 4.78 is 1.82. The average molecular weight is 510 g/mol. The fourth-order valence-electron chi connectivity index (χ4n) is 4.35. The molecule has 1 aromatic carbocycles. The van der Waals surface area contributed by atoms with E-state index in [4.69, 9.17) is 28.2 Å². The molecule has 1 aliphatic heterocycles. The lowest BCUT2D eigenvalue weighted by atomic mass is 9.94. The molecule has 8 nitrogen and oxygen atoms in total. The van der Waals surface area contributed by atoms with E-state index in [2.05, 4.69) is 20.7 Å². The summed E-state index contributed by atoms with van der Waals surface area (Å²) in [5.74, 6) is 0.966. The number of aryl methyl sites for hydroxylation is 1. The monoisotopic (exact) mass is 509 g/mol. The number of fused-ring (bicyclic) bond motifs is 1. The number of halogens is 2. The van der Waals surface area contributed by atoms with E-state index < -0.39 is 0 Å². The predicted octanol–water partition coefficient (Wildman–Crippen LogP) is 5.76. The molecular formula is C25H25Cl2N7O. The minimum Gasteiger partial charge on any atom is -0.366 e. The minimum atomic E-state index is -0.176. The first kappa shape index (κ1) is 23.4. The molecule has 4 aromatic rings. The van der Waals surface area contributed by atoms with Crippen molar-refractivity contribution in [2.45, 2.75) is 32.2 Å². The summed E-state index contributed by atoms with van der Waals surface area (Å²) in [6.07, 6.45) is 7.25. The number of likely N-dealkylation sites (tertiary alicyclic amines) is 1. The highest BCUT2D eigenvalue weighted by atomic mass is 35.5. The van der Waals surface area contributed by atoms with E-state index in [9.17, 15) is 4.79 Å². The van der Waals surface area contributed by atoms with Crippen LogP contribution in [0.25, 0.3) is 5.65 Å². The Balaban J connectivity index is 1.36. The third-order valence-electron chi connectivity index (χ3n) is 6.11. The SMILES string of the molecule is Cc1cnn2c(NCc3cccnc3)cc(C3CCCN(C(=O)Nc4cc(Cl)cc(Cl)c4)C3)nc12. The molecule has 1 atom stereocenters. The number of carbonyl (C=O) groups excluding carboxylic acids is 1. The second-order valence-corrected chi connectivity index (χ2v) is 9.59. The van der Waals surface area contributed by atoms with Gasteiger partial charge in [0.15, 0.2) is 5.65 Å². The summed E-state index contributed by atoms with van der Waals surface area (Å²) in [7, 11) is 0. The molecule has 10 heteroatoms. The molecule has 5 rings (SSSR count). The summed E-state index contributed by atoms with van der Waals surface area (Å²) in [5, 5.41) is 11.8. The molecule has 1 fully saturated rings. The molecule has 1 aliphatic rings. The van der Waals surface area contributed by atoms with Gasteiger partial charge in [-0.3, -0.25) is 4.98 Å². The van der Waals surface area contributed by atoms with E-state index >= 15 is 0 Å². The fraction of sp³-hybridized carbons (Fsp3) is 0.280. The molecule has 0 bridgehead atoms. The largest absolute Gasteiger partial charge is 0.366 e. The van der Waals surface area contributed by atoms with Crippen molar-refractivity contribution in [2.75, 3.05) is 23.7 Å². The number of rotatable bonds is 5. The number of pyridine rings is 1. The Labute approximate surface area is 213 Å². The summed E-state index contributed by atoms with van der Waals surface area (Å²) in [4.78, 5) is 23.9. The molecule has 2 N–H and O–H groups in total. The Morgan fingerprint density at radius 2 is 2.00 bits per heavy atom. The number of anilines is 2. The number of carbonyl (C=O) groups is 1. The van der Waals surface area contributed by atoms with Crippen LogP contribution >= 0.6 is 23.2 Å². The number of urea groups is 1. The highest BCUT2D eigenvalue weighted by Crippen LogP contribution is 2.30. The van der Waals surface area contributed by atoms with Crippen LogP contribution in [-0.2, 0) is 6.54 Å². The predicted molar refractivity (Wildman–Crippen MR) is 138 cm³/mol. The second kappa shape index (κ2) is 10.1. The Kier molecular flexibility index (Phi) is 6.74. The van der Waals surface area contributed by atoms with Crippen LogP contribution in [-0.4, -0.2) is 43.6 Å². The Hall–Kier alpha value is -3.36. The highest BCUT2D eigenvalue weighted by Gasteiger charge is 2.27. The van der Waals surface area contributed by atoms with Crippen molar-refractivity contribution in [3.8, 4) is 0 Å². The number of hydrogen-bond acceptors (Lipinski definition) is 5. The van der Waals surface area contributed by atoms with Crippen LogP contribution in [0.2, 0.25) is 10.0 Å². The third kappa shape index (κ3) is 5.33. The lowest BCUT2D eigenvalue weighted by molar-refractivity contribution is 0.192. The van der Waals surface area contributed by atoms with Gasteiger partial charge >= 0.3 is 6.03 Å². The number of nitrogens with zero attached hydrogens (tertiary/aromatic N) is 5. The minimum absolute atomic E-state index is 0.107. The summed E-state index contributed by atoms with van der Waals surface area (Å²) in [5.41, 5.74) is 4.40. The van der Waals surface area contributed by atoms with Gasteiger partial charge in [-0.1, -0.05) is 29.3 Å². The molecule has 2 amide bonds. The molecule has 180 valence electrons. The van der Waals surface area contributed by atoms with Crippen LogP contribution in [0.4, 0.5) is 16.3 Å². The van der Waals surface area contributed by atoms with Gasteiger partial charge in [-0.15, -0.1) is 0 Å². The van der Waals surface area contributed by atoms with Gasteiger partial charge in [-0.25, -0.2) is 9.78 Å². The van der Waals surface area contributed by atoms with Crippen LogP contribution in [0.1, 0.15) is 35.6 Å². The van der Waals surface area contributed by atoms with Crippen molar-refractivity contribution in [3.05, 3.63) is 81.9 Å². The molecule has 1 unspecified atom stereocenters.